The van der Waals surface area contributed by atoms with Crippen LogP contribution in [0.2, 0.25) is 0 Å². The topological polar surface area (TPSA) is 114 Å². The van der Waals surface area contributed by atoms with Crippen LogP contribution in [0.3, 0.4) is 0 Å². The fourth-order valence-corrected chi connectivity index (χ4v) is 11.1. The maximum Gasteiger partial charge on any atom is 0.416 e. The minimum absolute atomic E-state index is 0.0703. The van der Waals surface area contributed by atoms with E-state index >= 15 is 0 Å². The molecule has 68 heavy (non-hydrogen) atoms. The normalized spacial score (nSPS) is 12.4. The van der Waals surface area contributed by atoms with Gasteiger partial charge in [-0.2, -0.15) is 13.2 Å². The summed E-state index contributed by atoms with van der Waals surface area (Å²) in [5, 5.41) is 0. The minimum Gasteiger partial charge on any atom is -0.744 e. The van der Waals surface area contributed by atoms with Crippen molar-refractivity contribution < 1.29 is 90.3 Å². The van der Waals surface area contributed by atoms with Gasteiger partial charge in [0.25, 0.3) is 0 Å². The summed E-state index contributed by atoms with van der Waals surface area (Å²) in [6, 6.07) is 40.8. The Bertz CT molecular complexity index is 2550. The van der Waals surface area contributed by atoms with Crippen LogP contribution in [0.15, 0.2) is 149 Å². The average molecular weight is 1200 g/mol. The lowest BCUT2D eigenvalue weighted by molar-refractivity contribution is -0.597. The highest BCUT2D eigenvalue weighted by molar-refractivity contribution is 7.86. The molecule has 0 saturated carbocycles. The van der Waals surface area contributed by atoms with Gasteiger partial charge in [-0.1, -0.05) is 132 Å². The van der Waals surface area contributed by atoms with Crippen LogP contribution in [0.5, 0.6) is 0 Å². The van der Waals surface area contributed by atoms with E-state index in [2.05, 4.69) is 180 Å². The Morgan fingerprint density at radius 2 is 0.647 bits per heavy atom. The fourth-order valence-electron chi connectivity index (χ4n) is 5.79. The molecular formula is C53H59F5I2O6S2. The third-order valence-corrected chi connectivity index (χ3v) is 17.0. The number of hydrogen-bond donors (Lipinski definition) is 0. The van der Waals surface area contributed by atoms with Crippen molar-refractivity contribution >= 4 is 20.2 Å². The monoisotopic (exact) mass is 1200 g/mol. The molecule has 0 aliphatic carbocycles. The second kappa shape index (κ2) is 23.4. The molecule has 0 amide bonds. The molecule has 0 unspecified atom stereocenters. The highest BCUT2D eigenvalue weighted by Gasteiger charge is 2.30. The van der Waals surface area contributed by atoms with Gasteiger partial charge in [0.05, 0.1) is 15.4 Å². The van der Waals surface area contributed by atoms with Crippen LogP contribution < -0.4 is 42.4 Å². The standard InChI is InChI=1S/2C20H26I.C7H5F3O3S.C6H4F2O3S/c2*1-19(2,3)15-7-11-17(12-8-15)21-18-13-9-16(10-14-18)20(4,5)6;8-7(9,10)5-1-3-6(4-2-5)14(11,12)13;7-4-1-2-6(5(8)3-4)12(9,10)11/h2*7-14H,1-6H3;1-4H,(H,11,12,13);1-3H,(H,9,10,11)/q2*+1;;/p-2. The molecule has 0 spiro atoms. The molecule has 0 fully saturated rings. The molecule has 0 saturated heterocycles. The van der Waals surface area contributed by atoms with Gasteiger partial charge >= 0.3 is 48.6 Å². The number of hydrogen-bond acceptors (Lipinski definition) is 6. The predicted octanol–water partition coefficient (Wildman–Crippen LogP) is 7.30. The van der Waals surface area contributed by atoms with Gasteiger partial charge in [0.1, 0.15) is 31.9 Å². The van der Waals surface area contributed by atoms with E-state index in [4.69, 9.17) is 0 Å². The highest BCUT2D eigenvalue weighted by Crippen LogP contribution is 2.30. The minimum atomic E-state index is -4.84. The Kier molecular flexibility index (Phi) is 20.2. The molecule has 0 bridgehead atoms. The van der Waals surface area contributed by atoms with Crippen LogP contribution in [-0.4, -0.2) is 25.9 Å². The molecule has 0 heterocycles. The van der Waals surface area contributed by atoms with Gasteiger partial charge < -0.3 is 9.11 Å². The van der Waals surface area contributed by atoms with Gasteiger partial charge in [0, 0.05) is 6.07 Å². The van der Waals surface area contributed by atoms with Crippen LogP contribution in [0.1, 0.15) is 111 Å². The first kappa shape index (κ1) is 58.6. The van der Waals surface area contributed by atoms with Gasteiger partial charge in [-0.15, -0.1) is 0 Å². The van der Waals surface area contributed by atoms with Crippen molar-refractivity contribution in [1.29, 1.82) is 0 Å². The first-order chi connectivity index (χ1) is 30.9. The maximum absolute atomic E-state index is 12.5. The third kappa shape index (κ3) is 19.6. The lowest BCUT2D eigenvalue weighted by Crippen LogP contribution is -3.61. The van der Waals surface area contributed by atoms with Crippen molar-refractivity contribution in [2.24, 2.45) is 0 Å². The Balaban J connectivity index is 0.000000247. The fraction of sp³-hybridized carbons (Fsp3) is 0.321. The molecule has 0 N–H and O–H groups in total. The van der Waals surface area contributed by atoms with Crippen molar-refractivity contribution in [2.45, 2.75) is 121 Å². The molecule has 368 valence electrons. The molecule has 15 heteroatoms. The quantitative estimate of drug-likeness (QED) is 0.0984. The molecule has 0 radical (unpaired) electrons. The number of alkyl halides is 3. The second-order valence-corrected chi connectivity index (χ2v) is 28.5. The Labute approximate surface area is 421 Å². The number of halogens is 7. The zero-order valence-corrected chi connectivity index (χ0v) is 46.1. The Hall–Kier alpha value is -3.75. The van der Waals surface area contributed by atoms with E-state index in [0.717, 1.165) is 0 Å². The molecule has 6 aromatic carbocycles. The molecule has 6 aromatic rings. The summed E-state index contributed by atoms with van der Waals surface area (Å²) in [6.45, 7) is 27.2. The van der Waals surface area contributed by atoms with Crippen molar-refractivity contribution in [3.8, 4) is 0 Å². The lowest BCUT2D eigenvalue weighted by Gasteiger charge is -2.18. The number of rotatable bonds is 6. The third-order valence-electron chi connectivity index (χ3n) is 9.91. The molecule has 6 rings (SSSR count). The van der Waals surface area contributed by atoms with E-state index in [0.29, 0.717) is 42.5 Å². The van der Waals surface area contributed by atoms with Gasteiger partial charge in [0.15, 0.2) is 14.3 Å². The van der Waals surface area contributed by atoms with Gasteiger partial charge in [-0.25, -0.2) is 25.6 Å². The van der Waals surface area contributed by atoms with Gasteiger partial charge in [0.2, 0.25) is 0 Å². The van der Waals surface area contributed by atoms with E-state index in [1.54, 1.807) is 0 Å². The van der Waals surface area contributed by atoms with Gasteiger partial charge in [-0.3, -0.25) is 0 Å². The maximum atomic E-state index is 12.5. The van der Waals surface area contributed by atoms with Crippen molar-refractivity contribution in [1.82, 2.24) is 0 Å². The first-order valence-electron chi connectivity index (χ1n) is 21.2. The molecule has 6 nitrogen and oxygen atoms in total. The van der Waals surface area contributed by atoms with E-state index in [-0.39, 0.29) is 64.1 Å². The summed E-state index contributed by atoms with van der Waals surface area (Å²) >= 11 is -0.141. The summed E-state index contributed by atoms with van der Waals surface area (Å²) in [5.41, 5.74) is 5.63. The Morgan fingerprint density at radius 3 is 0.853 bits per heavy atom. The molecule has 0 atom stereocenters. The molecule has 0 aromatic heterocycles. The molecule has 0 aliphatic heterocycles. The Morgan fingerprint density at radius 1 is 0.382 bits per heavy atom. The van der Waals surface area contributed by atoms with E-state index in [9.17, 15) is 47.9 Å². The summed E-state index contributed by atoms with van der Waals surface area (Å²) in [4.78, 5) is -1.71. The van der Waals surface area contributed by atoms with E-state index in [1.807, 2.05) is 0 Å². The van der Waals surface area contributed by atoms with Crippen LogP contribution in [0, 0.1) is 25.9 Å². The van der Waals surface area contributed by atoms with Crippen LogP contribution in [0.25, 0.3) is 0 Å². The molecular weight excluding hydrogens is 1150 g/mol. The van der Waals surface area contributed by atoms with Crippen LogP contribution >= 0.6 is 0 Å². The number of benzene rings is 6. The zero-order chi connectivity index (χ0) is 51.7. The lowest BCUT2D eigenvalue weighted by atomic mass is 9.87. The van der Waals surface area contributed by atoms with E-state index in [1.165, 1.54) is 36.5 Å². The van der Waals surface area contributed by atoms with Crippen molar-refractivity contribution in [3.63, 3.8) is 0 Å². The summed E-state index contributed by atoms with van der Waals surface area (Å²) in [7, 11) is -9.52. The summed E-state index contributed by atoms with van der Waals surface area (Å²) < 4.78 is 128. The average Bonchev–Trinajstić information content (AvgIpc) is 3.20. The van der Waals surface area contributed by atoms with E-state index < -0.39 is 53.4 Å². The first-order valence-corrected chi connectivity index (χ1v) is 28.3. The van der Waals surface area contributed by atoms with Crippen molar-refractivity contribution in [3.05, 3.63) is 193 Å². The zero-order valence-electron chi connectivity index (χ0n) is 40.2. The SMILES string of the molecule is CC(C)(C)c1ccc([I+]c2ccc(C(C)(C)C)cc2)cc1.CC(C)(C)c1ccc([I+]c2ccc(C(C)(C)C)cc2)cc1.O=S(=O)([O-])c1ccc(C(F)(F)F)cc1.O=S(=O)([O-])c1ccc(F)cc1F. The largest absolute Gasteiger partial charge is 0.744 e. The summed E-state index contributed by atoms with van der Waals surface area (Å²) in [6.07, 6.45) is -4.54. The van der Waals surface area contributed by atoms with Gasteiger partial charge in [-0.05, 0) is 129 Å². The van der Waals surface area contributed by atoms with Crippen LogP contribution in [-0.2, 0) is 48.1 Å². The second-order valence-electron chi connectivity index (χ2n) is 19.7. The predicted molar refractivity (Wildman–Crippen MR) is 249 cm³/mol. The highest BCUT2D eigenvalue weighted by atomic mass is 127. The smallest absolute Gasteiger partial charge is 0.416 e. The van der Waals surface area contributed by atoms with Crippen LogP contribution in [0.4, 0.5) is 22.0 Å². The molecule has 0 aliphatic rings. The van der Waals surface area contributed by atoms with Crippen molar-refractivity contribution in [2.75, 3.05) is 0 Å². The summed E-state index contributed by atoms with van der Waals surface area (Å²) in [5.74, 6) is -2.30.